The van der Waals surface area contributed by atoms with Crippen molar-refractivity contribution in [1.29, 1.82) is 0 Å². The number of nitro benzene ring substituents is 1. The van der Waals surface area contributed by atoms with Gasteiger partial charge in [0.2, 0.25) is 0 Å². The average Bonchev–Trinajstić information content (AvgIpc) is 2.75. The molecular formula is C21H18FN3O6S. The van der Waals surface area contributed by atoms with Gasteiger partial charge in [-0.15, -0.1) is 0 Å². The van der Waals surface area contributed by atoms with E-state index in [-0.39, 0.29) is 34.2 Å². The van der Waals surface area contributed by atoms with Crippen molar-refractivity contribution >= 4 is 33.0 Å². The van der Waals surface area contributed by atoms with E-state index in [1.54, 1.807) is 6.92 Å². The summed E-state index contributed by atoms with van der Waals surface area (Å²) in [5, 5.41) is 13.8. The number of nitrogens with zero attached hydrogens (tertiary/aromatic N) is 1. The number of ether oxygens (including phenoxy) is 1. The van der Waals surface area contributed by atoms with E-state index in [1.165, 1.54) is 36.4 Å². The van der Waals surface area contributed by atoms with E-state index in [4.69, 9.17) is 4.74 Å². The lowest BCUT2D eigenvalue weighted by atomic mass is 10.1. The van der Waals surface area contributed by atoms with Crippen LogP contribution in [0.1, 0.15) is 17.3 Å². The predicted molar refractivity (Wildman–Crippen MR) is 116 cm³/mol. The summed E-state index contributed by atoms with van der Waals surface area (Å²) in [5.41, 5.74) is 0.298. The van der Waals surface area contributed by atoms with Gasteiger partial charge in [-0.05, 0) is 67.6 Å². The molecule has 0 heterocycles. The Hall–Kier alpha value is -3.99. The van der Waals surface area contributed by atoms with Crippen molar-refractivity contribution < 1.29 is 27.3 Å². The number of sulfonamides is 1. The molecule has 2 N–H and O–H groups in total. The molecule has 9 nitrogen and oxygen atoms in total. The Bertz CT molecular complexity index is 1250. The minimum absolute atomic E-state index is 0.0567. The van der Waals surface area contributed by atoms with Gasteiger partial charge in [-0.2, -0.15) is 0 Å². The zero-order chi connectivity index (χ0) is 23.3. The van der Waals surface area contributed by atoms with Gasteiger partial charge in [-0.25, -0.2) is 12.8 Å². The zero-order valence-corrected chi connectivity index (χ0v) is 17.6. The van der Waals surface area contributed by atoms with Crippen molar-refractivity contribution in [3.8, 4) is 5.75 Å². The molecule has 0 radical (unpaired) electrons. The monoisotopic (exact) mass is 459 g/mol. The van der Waals surface area contributed by atoms with E-state index in [1.807, 2.05) is 0 Å². The predicted octanol–water partition coefficient (Wildman–Crippen LogP) is 4.19. The fraction of sp³-hybridized carbons (Fsp3) is 0.0952. The molecule has 3 aromatic carbocycles. The second-order valence-electron chi connectivity index (χ2n) is 6.46. The summed E-state index contributed by atoms with van der Waals surface area (Å²) < 4.78 is 45.3. The molecule has 0 aromatic heterocycles. The van der Waals surface area contributed by atoms with E-state index in [0.717, 1.165) is 30.3 Å². The number of halogens is 1. The van der Waals surface area contributed by atoms with Crippen LogP contribution in [0.4, 0.5) is 21.5 Å². The van der Waals surface area contributed by atoms with E-state index in [2.05, 4.69) is 10.0 Å². The Morgan fingerprint density at radius 1 is 1.03 bits per heavy atom. The normalized spacial score (nSPS) is 10.9. The third-order valence-corrected chi connectivity index (χ3v) is 5.63. The molecule has 166 valence electrons. The highest BCUT2D eigenvalue weighted by atomic mass is 32.2. The first-order chi connectivity index (χ1) is 15.2. The maximum absolute atomic E-state index is 13.0. The fourth-order valence-electron chi connectivity index (χ4n) is 2.73. The van der Waals surface area contributed by atoms with Crippen LogP contribution in [0.2, 0.25) is 0 Å². The standard InChI is InChI=1S/C21H18FN3O6S/c1-2-31-20-12-3-14(13-19(20)25(27)28)21(26)23-16-6-8-17(9-7-16)24-32(29,30)18-10-4-15(22)5-11-18/h3-13,24H,2H2,1H3,(H,23,26). The van der Waals surface area contributed by atoms with Crippen molar-refractivity contribution in [3.05, 3.63) is 88.2 Å². The summed E-state index contributed by atoms with van der Waals surface area (Å²) in [6, 6.07) is 14.0. The number of carbonyl (C=O) groups excluding carboxylic acids is 1. The smallest absolute Gasteiger partial charge is 0.311 e. The maximum Gasteiger partial charge on any atom is 0.311 e. The molecule has 0 fully saturated rings. The summed E-state index contributed by atoms with van der Waals surface area (Å²) in [7, 11) is -3.91. The van der Waals surface area contributed by atoms with Crippen LogP contribution in [-0.4, -0.2) is 25.9 Å². The highest BCUT2D eigenvalue weighted by Gasteiger charge is 2.19. The third kappa shape index (κ3) is 5.38. The summed E-state index contributed by atoms with van der Waals surface area (Å²) in [5.74, 6) is -1.08. The molecule has 0 bridgehead atoms. The van der Waals surface area contributed by atoms with Gasteiger partial charge < -0.3 is 10.1 Å². The number of rotatable bonds is 8. The van der Waals surface area contributed by atoms with E-state index < -0.39 is 26.7 Å². The molecule has 0 saturated heterocycles. The van der Waals surface area contributed by atoms with Crippen LogP contribution < -0.4 is 14.8 Å². The third-order valence-electron chi connectivity index (χ3n) is 4.24. The summed E-state index contributed by atoms with van der Waals surface area (Å²) >= 11 is 0. The number of nitrogens with one attached hydrogen (secondary N) is 2. The molecule has 0 saturated carbocycles. The van der Waals surface area contributed by atoms with E-state index in [9.17, 15) is 27.7 Å². The second-order valence-corrected chi connectivity index (χ2v) is 8.15. The Kier molecular flexibility index (Phi) is 6.69. The second kappa shape index (κ2) is 9.43. The zero-order valence-electron chi connectivity index (χ0n) is 16.7. The quantitative estimate of drug-likeness (QED) is 0.384. The lowest BCUT2D eigenvalue weighted by Crippen LogP contribution is -2.14. The molecule has 0 aliphatic heterocycles. The van der Waals surface area contributed by atoms with Gasteiger partial charge >= 0.3 is 5.69 Å². The van der Waals surface area contributed by atoms with Gasteiger partial charge in [0, 0.05) is 23.0 Å². The van der Waals surface area contributed by atoms with Gasteiger partial charge in [0.15, 0.2) is 5.75 Å². The van der Waals surface area contributed by atoms with Crippen LogP contribution in [-0.2, 0) is 10.0 Å². The van der Waals surface area contributed by atoms with Crippen LogP contribution in [0.25, 0.3) is 0 Å². The first-order valence-corrected chi connectivity index (χ1v) is 10.8. The first-order valence-electron chi connectivity index (χ1n) is 9.30. The number of anilines is 2. The number of hydrogen-bond donors (Lipinski definition) is 2. The molecule has 3 aromatic rings. The number of carbonyl (C=O) groups is 1. The van der Waals surface area contributed by atoms with Gasteiger partial charge in [0.05, 0.1) is 16.4 Å². The van der Waals surface area contributed by atoms with Crippen LogP contribution in [0, 0.1) is 15.9 Å². The SMILES string of the molecule is CCOc1ccc(C(=O)Nc2ccc(NS(=O)(=O)c3ccc(F)cc3)cc2)cc1[N+](=O)[O-]. The van der Waals surface area contributed by atoms with Gasteiger partial charge in [-0.1, -0.05) is 0 Å². The molecular weight excluding hydrogens is 441 g/mol. The number of amides is 1. The largest absolute Gasteiger partial charge is 0.487 e. The van der Waals surface area contributed by atoms with Gasteiger partial charge in [0.25, 0.3) is 15.9 Å². The lowest BCUT2D eigenvalue weighted by molar-refractivity contribution is -0.385. The highest BCUT2D eigenvalue weighted by molar-refractivity contribution is 7.92. The molecule has 0 atom stereocenters. The molecule has 0 unspecified atom stereocenters. The van der Waals surface area contributed by atoms with E-state index >= 15 is 0 Å². The van der Waals surface area contributed by atoms with Crippen molar-refractivity contribution in [2.24, 2.45) is 0 Å². The van der Waals surface area contributed by atoms with Crippen LogP contribution in [0.15, 0.2) is 71.6 Å². The molecule has 0 spiro atoms. The minimum Gasteiger partial charge on any atom is -0.487 e. The Morgan fingerprint density at radius 3 is 2.25 bits per heavy atom. The van der Waals surface area contributed by atoms with Crippen molar-refractivity contribution in [2.75, 3.05) is 16.6 Å². The summed E-state index contributed by atoms with van der Waals surface area (Å²) in [4.78, 5) is 22.9. The molecule has 11 heteroatoms. The Labute approximate surface area is 183 Å². The maximum atomic E-state index is 13.0. The fourth-order valence-corrected chi connectivity index (χ4v) is 3.79. The van der Waals surface area contributed by atoms with Crippen LogP contribution >= 0.6 is 0 Å². The van der Waals surface area contributed by atoms with E-state index in [0.29, 0.717) is 5.69 Å². The average molecular weight is 459 g/mol. The van der Waals surface area contributed by atoms with Gasteiger partial charge in [-0.3, -0.25) is 19.6 Å². The molecule has 3 rings (SSSR count). The Morgan fingerprint density at radius 2 is 1.66 bits per heavy atom. The number of benzene rings is 3. The number of hydrogen-bond acceptors (Lipinski definition) is 6. The first kappa shape index (κ1) is 22.7. The van der Waals surface area contributed by atoms with Crippen molar-refractivity contribution in [2.45, 2.75) is 11.8 Å². The molecule has 32 heavy (non-hydrogen) atoms. The number of nitro groups is 1. The van der Waals surface area contributed by atoms with Crippen molar-refractivity contribution in [1.82, 2.24) is 0 Å². The molecule has 0 aliphatic carbocycles. The molecule has 1 amide bonds. The molecule has 0 aliphatic rings. The lowest BCUT2D eigenvalue weighted by Gasteiger charge is -2.10. The summed E-state index contributed by atoms with van der Waals surface area (Å²) in [6.07, 6.45) is 0. The van der Waals surface area contributed by atoms with Crippen LogP contribution in [0.5, 0.6) is 5.75 Å². The Balaban J connectivity index is 1.71. The van der Waals surface area contributed by atoms with Crippen LogP contribution in [0.3, 0.4) is 0 Å². The topological polar surface area (TPSA) is 128 Å². The minimum atomic E-state index is -3.91. The highest BCUT2D eigenvalue weighted by Crippen LogP contribution is 2.28. The summed E-state index contributed by atoms with van der Waals surface area (Å²) in [6.45, 7) is 1.93. The van der Waals surface area contributed by atoms with Gasteiger partial charge in [0.1, 0.15) is 5.82 Å². The van der Waals surface area contributed by atoms with Crippen molar-refractivity contribution in [3.63, 3.8) is 0 Å².